The number of aromatic nitrogens is 2. The summed E-state index contributed by atoms with van der Waals surface area (Å²) in [5, 5.41) is 14.1. The van der Waals surface area contributed by atoms with Crippen molar-refractivity contribution in [2.75, 3.05) is 10.6 Å². The van der Waals surface area contributed by atoms with Gasteiger partial charge in [-0.05, 0) is 36.6 Å². The van der Waals surface area contributed by atoms with Gasteiger partial charge in [-0.1, -0.05) is 59.5 Å². The molecular formula is C20H17F3N4OS2. The molecule has 1 saturated carbocycles. The van der Waals surface area contributed by atoms with Crippen LogP contribution in [0.25, 0.3) is 0 Å². The maximum absolute atomic E-state index is 13.0. The van der Waals surface area contributed by atoms with Crippen LogP contribution in [0.5, 0.6) is 0 Å². The number of halogens is 3. The Bertz CT molecular complexity index is 1020. The summed E-state index contributed by atoms with van der Waals surface area (Å²) in [6, 6.07) is 14.1. The molecule has 3 aromatic rings. The molecule has 0 aliphatic heterocycles. The van der Waals surface area contributed by atoms with Gasteiger partial charge in [-0.25, -0.2) is 0 Å². The van der Waals surface area contributed by atoms with Crippen molar-refractivity contribution in [1.29, 1.82) is 0 Å². The van der Waals surface area contributed by atoms with Gasteiger partial charge < -0.3 is 10.6 Å². The summed E-state index contributed by atoms with van der Waals surface area (Å²) in [6.07, 6.45) is -2.27. The van der Waals surface area contributed by atoms with Crippen LogP contribution in [0.4, 0.5) is 24.0 Å². The lowest BCUT2D eigenvalue weighted by Gasteiger charge is -2.16. The highest BCUT2D eigenvalue weighted by Crippen LogP contribution is 2.39. The fourth-order valence-corrected chi connectivity index (χ4v) is 4.72. The van der Waals surface area contributed by atoms with E-state index in [1.807, 2.05) is 6.07 Å². The Morgan fingerprint density at radius 2 is 1.87 bits per heavy atom. The predicted octanol–water partition coefficient (Wildman–Crippen LogP) is 5.60. The van der Waals surface area contributed by atoms with E-state index >= 15 is 0 Å². The second-order valence-corrected chi connectivity index (χ2v) is 9.10. The molecule has 2 aromatic carbocycles. The number of anilines is 2. The molecule has 1 amide bonds. The van der Waals surface area contributed by atoms with E-state index in [1.54, 1.807) is 24.3 Å². The van der Waals surface area contributed by atoms with Gasteiger partial charge in [-0.2, -0.15) is 13.2 Å². The molecule has 0 radical (unpaired) electrons. The van der Waals surface area contributed by atoms with E-state index in [2.05, 4.69) is 20.8 Å². The fourth-order valence-electron chi connectivity index (χ4n) is 2.70. The minimum Gasteiger partial charge on any atom is -0.357 e. The number of nitrogens with one attached hydrogen (secondary N) is 2. The lowest BCUT2D eigenvalue weighted by atomic mass is 10.1. The summed E-state index contributed by atoms with van der Waals surface area (Å²) in [6.45, 7) is 0. The maximum atomic E-state index is 13.0. The predicted molar refractivity (Wildman–Crippen MR) is 112 cm³/mol. The van der Waals surface area contributed by atoms with Crippen molar-refractivity contribution < 1.29 is 18.0 Å². The van der Waals surface area contributed by atoms with Crippen LogP contribution in [0, 0.1) is 0 Å². The average molecular weight is 451 g/mol. The van der Waals surface area contributed by atoms with Gasteiger partial charge in [0.05, 0.1) is 5.56 Å². The van der Waals surface area contributed by atoms with Crippen molar-refractivity contribution in [3.63, 3.8) is 0 Å². The topological polar surface area (TPSA) is 66.9 Å². The third-order valence-corrected chi connectivity index (χ3v) is 6.52. The molecule has 0 spiro atoms. The Balaban J connectivity index is 1.53. The first-order valence-electron chi connectivity index (χ1n) is 9.18. The first kappa shape index (κ1) is 20.7. The van der Waals surface area contributed by atoms with Gasteiger partial charge in [0.1, 0.15) is 5.25 Å². The number of carbonyl (C=O) groups is 1. The molecule has 1 aliphatic rings. The number of carbonyl (C=O) groups excluding carboxylic acids is 1. The second-order valence-electron chi connectivity index (χ2n) is 6.77. The molecule has 10 heteroatoms. The molecule has 5 nitrogen and oxygen atoms in total. The van der Waals surface area contributed by atoms with E-state index in [9.17, 15) is 18.0 Å². The molecule has 1 aromatic heterocycles. The molecule has 1 atom stereocenters. The summed E-state index contributed by atoms with van der Waals surface area (Å²) < 4.78 is 39.5. The number of rotatable bonds is 7. The number of nitrogens with zero attached hydrogens (tertiary/aromatic N) is 2. The van der Waals surface area contributed by atoms with Crippen molar-refractivity contribution in [2.24, 2.45) is 0 Å². The Labute approximate surface area is 179 Å². The molecule has 156 valence electrons. The smallest absolute Gasteiger partial charge is 0.357 e. The highest BCUT2D eigenvalue weighted by atomic mass is 32.2. The molecule has 2 N–H and O–H groups in total. The quantitative estimate of drug-likeness (QED) is 0.459. The van der Waals surface area contributed by atoms with Crippen molar-refractivity contribution in [3.05, 3.63) is 65.7 Å². The zero-order valence-corrected chi connectivity index (χ0v) is 17.2. The lowest BCUT2D eigenvalue weighted by Crippen LogP contribution is -2.19. The first-order chi connectivity index (χ1) is 14.4. The standard InChI is InChI=1S/C20H17F3N4OS2/c21-20(22,23)13-7-4-8-15(11-13)24-17(28)16(12-5-2-1-3-6-12)29-19-27-26-18(30-19)25-14-9-10-14/h1-8,11,14,16H,9-10H2,(H,24,28)(H,25,26). The number of thioether (sulfide) groups is 1. The van der Waals surface area contributed by atoms with E-state index in [0.29, 0.717) is 15.5 Å². The van der Waals surface area contributed by atoms with Crippen LogP contribution in [-0.2, 0) is 11.0 Å². The first-order valence-corrected chi connectivity index (χ1v) is 10.9. The SMILES string of the molecule is O=C(Nc1cccc(C(F)(F)F)c1)C(Sc1nnc(NC2CC2)s1)c1ccccc1. The number of alkyl halides is 3. The summed E-state index contributed by atoms with van der Waals surface area (Å²) >= 11 is 2.57. The Hall–Kier alpha value is -2.59. The van der Waals surface area contributed by atoms with E-state index in [-0.39, 0.29) is 5.69 Å². The van der Waals surface area contributed by atoms with E-state index < -0.39 is 22.9 Å². The van der Waals surface area contributed by atoms with Crippen LogP contribution in [-0.4, -0.2) is 22.1 Å². The largest absolute Gasteiger partial charge is 0.416 e. The molecule has 30 heavy (non-hydrogen) atoms. The number of hydrogen-bond acceptors (Lipinski definition) is 6. The van der Waals surface area contributed by atoms with Gasteiger partial charge in [0.25, 0.3) is 0 Å². The highest BCUT2D eigenvalue weighted by molar-refractivity contribution is 8.02. The van der Waals surface area contributed by atoms with Crippen molar-refractivity contribution >= 4 is 39.8 Å². The number of amides is 1. The van der Waals surface area contributed by atoms with Gasteiger partial charge in [0.15, 0.2) is 4.34 Å². The van der Waals surface area contributed by atoms with Crippen LogP contribution in [0.3, 0.4) is 0 Å². The van der Waals surface area contributed by atoms with Gasteiger partial charge in [0, 0.05) is 11.7 Å². The van der Waals surface area contributed by atoms with Crippen LogP contribution in [0.1, 0.15) is 29.2 Å². The zero-order chi connectivity index (χ0) is 21.1. The maximum Gasteiger partial charge on any atom is 0.416 e. The van der Waals surface area contributed by atoms with Crippen molar-refractivity contribution in [3.8, 4) is 0 Å². The van der Waals surface area contributed by atoms with E-state index in [1.165, 1.54) is 35.2 Å². The Morgan fingerprint density at radius 3 is 2.57 bits per heavy atom. The molecule has 1 unspecified atom stereocenters. The molecule has 0 saturated heterocycles. The van der Waals surface area contributed by atoms with E-state index in [0.717, 1.165) is 30.5 Å². The molecular weight excluding hydrogens is 433 g/mol. The normalized spacial score (nSPS) is 14.9. The minimum absolute atomic E-state index is 0.0877. The van der Waals surface area contributed by atoms with Crippen LogP contribution in [0.15, 0.2) is 58.9 Å². The van der Waals surface area contributed by atoms with Crippen molar-refractivity contribution in [1.82, 2.24) is 10.2 Å². The number of hydrogen-bond donors (Lipinski definition) is 2. The molecule has 1 aliphatic carbocycles. The highest BCUT2D eigenvalue weighted by Gasteiger charge is 2.31. The van der Waals surface area contributed by atoms with Gasteiger partial charge in [-0.3, -0.25) is 4.79 Å². The minimum atomic E-state index is -4.48. The van der Waals surface area contributed by atoms with Gasteiger partial charge in [0.2, 0.25) is 11.0 Å². The van der Waals surface area contributed by atoms with Crippen molar-refractivity contribution in [2.45, 2.75) is 34.6 Å². The molecule has 1 fully saturated rings. The van der Waals surface area contributed by atoms with Gasteiger partial charge >= 0.3 is 6.18 Å². The summed E-state index contributed by atoms with van der Waals surface area (Å²) in [7, 11) is 0. The monoisotopic (exact) mass is 450 g/mol. The zero-order valence-electron chi connectivity index (χ0n) is 15.5. The average Bonchev–Trinajstić information content (AvgIpc) is 3.42. The van der Waals surface area contributed by atoms with Gasteiger partial charge in [-0.15, -0.1) is 10.2 Å². The van der Waals surface area contributed by atoms with Crippen LogP contribution >= 0.6 is 23.1 Å². The summed E-state index contributed by atoms with van der Waals surface area (Å²) in [5.74, 6) is -0.433. The lowest BCUT2D eigenvalue weighted by molar-refractivity contribution is -0.137. The Kier molecular flexibility index (Phi) is 5.96. The summed E-state index contributed by atoms with van der Waals surface area (Å²) in [5.41, 5.74) is -0.00674. The van der Waals surface area contributed by atoms with Crippen LogP contribution < -0.4 is 10.6 Å². The molecule has 4 rings (SSSR count). The van der Waals surface area contributed by atoms with E-state index in [4.69, 9.17) is 0 Å². The Morgan fingerprint density at radius 1 is 1.10 bits per heavy atom. The summed E-state index contributed by atoms with van der Waals surface area (Å²) in [4.78, 5) is 13.0. The third-order valence-electron chi connectivity index (χ3n) is 4.33. The molecule has 1 heterocycles. The third kappa shape index (κ3) is 5.31. The molecule has 0 bridgehead atoms. The number of benzene rings is 2. The van der Waals surface area contributed by atoms with Crippen LogP contribution in [0.2, 0.25) is 0 Å². The fraction of sp³-hybridized carbons (Fsp3) is 0.250. The second kappa shape index (κ2) is 8.65.